The Hall–Kier alpha value is -3.42. The Bertz CT molecular complexity index is 1020. The Morgan fingerprint density at radius 1 is 1.35 bits per heavy atom. The number of hydrogen-bond donors (Lipinski definition) is 2. The number of carbonyl (C=O) groups is 1. The van der Waals surface area contributed by atoms with Gasteiger partial charge in [-0.2, -0.15) is 5.10 Å². The third-order valence-corrected chi connectivity index (χ3v) is 3.43. The molecule has 3 heterocycles. The highest BCUT2D eigenvalue weighted by molar-refractivity contribution is 6.02. The molecule has 0 unspecified atom stereocenters. The average Bonchev–Trinajstić information content (AvgIpc) is 3.18. The second-order valence-electron chi connectivity index (χ2n) is 4.83. The Morgan fingerprint density at radius 2 is 2.26 bits per heavy atom. The molecule has 23 heavy (non-hydrogen) atoms. The molecule has 4 rings (SSSR count). The van der Waals surface area contributed by atoms with Crippen molar-refractivity contribution in [3.63, 3.8) is 0 Å². The number of hydrogen-bond acceptors (Lipinski definition) is 7. The molecular formula is C15H11N5O3. The van der Waals surface area contributed by atoms with Crippen molar-refractivity contribution in [2.75, 3.05) is 12.4 Å². The third kappa shape index (κ3) is 2.16. The fraction of sp³-hybridized carbons (Fsp3) is 0.0667. The molecule has 0 atom stereocenters. The number of ether oxygens (including phenoxy) is 1. The van der Waals surface area contributed by atoms with E-state index in [1.807, 2.05) is 12.1 Å². The zero-order valence-electron chi connectivity index (χ0n) is 12.0. The number of rotatable bonds is 3. The maximum atomic E-state index is 11.6. The fourth-order valence-electron chi connectivity index (χ4n) is 2.34. The van der Waals surface area contributed by atoms with Gasteiger partial charge in [-0.3, -0.25) is 10.1 Å². The molecule has 8 heteroatoms. The van der Waals surface area contributed by atoms with E-state index in [1.54, 1.807) is 24.4 Å². The smallest absolute Gasteiger partial charge is 0.360 e. The lowest BCUT2D eigenvalue weighted by Crippen LogP contribution is -2.01. The summed E-state index contributed by atoms with van der Waals surface area (Å²) in [7, 11) is 1.30. The minimum Gasteiger partial charge on any atom is -0.464 e. The number of H-pyrrole nitrogens is 1. The minimum absolute atomic E-state index is 0.154. The minimum atomic E-state index is -0.535. The SMILES string of the molecule is COC(=O)c1noc2cc(Nc3n[nH]c4cccnc34)ccc12. The highest BCUT2D eigenvalue weighted by atomic mass is 16.5. The van der Waals surface area contributed by atoms with Crippen LogP contribution in [0.2, 0.25) is 0 Å². The van der Waals surface area contributed by atoms with Gasteiger partial charge in [0.2, 0.25) is 0 Å². The number of methoxy groups -OCH3 is 1. The van der Waals surface area contributed by atoms with Crippen molar-refractivity contribution in [3.8, 4) is 0 Å². The van der Waals surface area contributed by atoms with Gasteiger partial charge in [0.25, 0.3) is 0 Å². The maximum Gasteiger partial charge on any atom is 0.360 e. The predicted octanol–water partition coefficient (Wildman–Crippen LogP) is 2.63. The second-order valence-corrected chi connectivity index (χ2v) is 4.83. The summed E-state index contributed by atoms with van der Waals surface area (Å²) in [5, 5.41) is 14.6. The molecular weight excluding hydrogens is 298 g/mol. The molecule has 8 nitrogen and oxygen atoms in total. The Balaban J connectivity index is 1.71. The number of fused-ring (bicyclic) bond motifs is 2. The van der Waals surface area contributed by atoms with Crippen LogP contribution in [-0.2, 0) is 4.74 Å². The summed E-state index contributed by atoms with van der Waals surface area (Å²) < 4.78 is 9.85. The maximum absolute atomic E-state index is 11.6. The van der Waals surface area contributed by atoms with Gasteiger partial charge in [-0.1, -0.05) is 5.16 Å². The van der Waals surface area contributed by atoms with Crippen LogP contribution in [0.5, 0.6) is 0 Å². The lowest BCUT2D eigenvalue weighted by Gasteiger charge is -2.02. The highest BCUT2D eigenvalue weighted by Crippen LogP contribution is 2.26. The molecule has 0 spiro atoms. The number of anilines is 2. The van der Waals surface area contributed by atoms with Crippen molar-refractivity contribution in [1.82, 2.24) is 20.3 Å². The van der Waals surface area contributed by atoms with Crippen LogP contribution < -0.4 is 5.32 Å². The van der Waals surface area contributed by atoms with E-state index in [0.29, 0.717) is 16.8 Å². The van der Waals surface area contributed by atoms with Crippen molar-refractivity contribution in [2.24, 2.45) is 0 Å². The van der Waals surface area contributed by atoms with E-state index < -0.39 is 5.97 Å². The lowest BCUT2D eigenvalue weighted by atomic mass is 10.2. The summed E-state index contributed by atoms with van der Waals surface area (Å²) >= 11 is 0. The van der Waals surface area contributed by atoms with E-state index in [0.717, 1.165) is 16.7 Å². The van der Waals surface area contributed by atoms with E-state index in [2.05, 4.69) is 30.4 Å². The van der Waals surface area contributed by atoms with Gasteiger partial charge in [0, 0.05) is 18.0 Å². The standard InChI is InChI=1S/C15H11N5O3/c1-22-15(21)12-9-5-4-8(7-11(9)23-20-12)17-14-13-10(18-19-14)3-2-6-16-13/h2-7H,1H3,(H2,17,18,19). The van der Waals surface area contributed by atoms with Crippen LogP contribution in [0.25, 0.3) is 22.0 Å². The second kappa shape index (κ2) is 5.09. The van der Waals surface area contributed by atoms with Crippen LogP contribution in [0.3, 0.4) is 0 Å². The summed E-state index contributed by atoms with van der Waals surface area (Å²) in [6.45, 7) is 0. The predicted molar refractivity (Wildman–Crippen MR) is 82.5 cm³/mol. The van der Waals surface area contributed by atoms with Crippen molar-refractivity contribution >= 4 is 39.5 Å². The molecule has 0 aliphatic rings. The fourth-order valence-corrected chi connectivity index (χ4v) is 2.34. The summed E-state index contributed by atoms with van der Waals surface area (Å²) in [4.78, 5) is 15.9. The molecule has 0 bridgehead atoms. The van der Waals surface area contributed by atoms with Gasteiger partial charge in [0.15, 0.2) is 17.1 Å². The first kappa shape index (κ1) is 13.3. The van der Waals surface area contributed by atoms with Gasteiger partial charge in [-0.15, -0.1) is 0 Å². The molecule has 0 amide bonds. The lowest BCUT2D eigenvalue weighted by molar-refractivity contribution is 0.0591. The first-order valence-electron chi connectivity index (χ1n) is 6.80. The van der Waals surface area contributed by atoms with E-state index in [-0.39, 0.29) is 5.69 Å². The summed E-state index contributed by atoms with van der Waals surface area (Å²) in [5.41, 5.74) is 2.94. The van der Waals surface area contributed by atoms with Gasteiger partial charge < -0.3 is 14.6 Å². The number of aromatic amines is 1. The number of nitrogens with zero attached hydrogens (tertiary/aromatic N) is 3. The first-order chi connectivity index (χ1) is 11.3. The van der Waals surface area contributed by atoms with Gasteiger partial charge in [-0.25, -0.2) is 4.79 Å². The average molecular weight is 309 g/mol. The van der Waals surface area contributed by atoms with Crippen LogP contribution in [-0.4, -0.2) is 33.4 Å². The number of pyridine rings is 1. The Morgan fingerprint density at radius 3 is 3.13 bits per heavy atom. The van der Waals surface area contributed by atoms with Crippen LogP contribution in [0.15, 0.2) is 41.1 Å². The summed E-state index contributed by atoms with van der Waals surface area (Å²) in [6, 6.07) is 9.00. The monoisotopic (exact) mass is 309 g/mol. The highest BCUT2D eigenvalue weighted by Gasteiger charge is 2.17. The number of benzene rings is 1. The van der Waals surface area contributed by atoms with Crippen molar-refractivity contribution in [3.05, 3.63) is 42.2 Å². The molecule has 114 valence electrons. The molecule has 0 fully saturated rings. The van der Waals surface area contributed by atoms with Gasteiger partial charge >= 0.3 is 5.97 Å². The number of carbonyl (C=O) groups excluding carboxylic acids is 1. The molecule has 0 saturated heterocycles. The first-order valence-corrected chi connectivity index (χ1v) is 6.80. The topological polar surface area (TPSA) is 106 Å². The zero-order valence-corrected chi connectivity index (χ0v) is 12.0. The van der Waals surface area contributed by atoms with Gasteiger partial charge in [0.05, 0.1) is 18.0 Å². The van der Waals surface area contributed by atoms with Crippen LogP contribution in [0, 0.1) is 0 Å². The normalized spacial score (nSPS) is 11.0. The van der Waals surface area contributed by atoms with Crippen LogP contribution in [0.1, 0.15) is 10.5 Å². The van der Waals surface area contributed by atoms with E-state index >= 15 is 0 Å². The molecule has 0 aliphatic carbocycles. The number of aromatic nitrogens is 4. The summed E-state index contributed by atoms with van der Waals surface area (Å²) in [5.74, 6) is 0.0691. The molecule has 0 radical (unpaired) electrons. The largest absolute Gasteiger partial charge is 0.464 e. The van der Waals surface area contributed by atoms with E-state index in [4.69, 9.17) is 4.52 Å². The molecule has 3 aromatic heterocycles. The van der Waals surface area contributed by atoms with Gasteiger partial charge in [-0.05, 0) is 24.3 Å². The molecule has 4 aromatic rings. The van der Waals surface area contributed by atoms with Crippen molar-refractivity contribution in [2.45, 2.75) is 0 Å². The zero-order chi connectivity index (χ0) is 15.8. The molecule has 2 N–H and O–H groups in total. The molecule has 1 aromatic carbocycles. The molecule has 0 aliphatic heterocycles. The Kier molecular flexibility index (Phi) is 2.94. The van der Waals surface area contributed by atoms with Gasteiger partial charge in [0.1, 0.15) is 5.52 Å². The van der Waals surface area contributed by atoms with Crippen LogP contribution >= 0.6 is 0 Å². The molecule has 0 saturated carbocycles. The Labute approximate surface area is 129 Å². The van der Waals surface area contributed by atoms with Crippen molar-refractivity contribution in [1.29, 1.82) is 0 Å². The number of esters is 1. The van der Waals surface area contributed by atoms with Crippen LogP contribution in [0.4, 0.5) is 11.5 Å². The van der Waals surface area contributed by atoms with E-state index in [1.165, 1.54) is 7.11 Å². The van der Waals surface area contributed by atoms with Crippen molar-refractivity contribution < 1.29 is 14.1 Å². The number of nitrogens with one attached hydrogen (secondary N) is 2. The summed E-state index contributed by atoms with van der Waals surface area (Å²) in [6.07, 6.45) is 1.70. The van der Waals surface area contributed by atoms with E-state index in [9.17, 15) is 4.79 Å². The quantitative estimate of drug-likeness (QED) is 0.560. The third-order valence-electron chi connectivity index (χ3n) is 3.43.